The lowest BCUT2D eigenvalue weighted by Crippen LogP contribution is -2.36. The number of rotatable bonds is 5. The molecule has 142 valence electrons. The normalized spacial score (nSPS) is 13.9. The number of anilines is 2. The summed E-state index contributed by atoms with van der Waals surface area (Å²) in [6, 6.07) is 11.1. The number of morpholine rings is 1. The van der Waals surface area contributed by atoms with Gasteiger partial charge in [-0.05, 0) is 11.6 Å². The SMILES string of the molecule is O=C(Nc1cc(N2CCOCC2)c(F)cc1[N+](=O)[O-])OCc1ccccc1. The Morgan fingerprint density at radius 2 is 1.96 bits per heavy atom. The first kappa shape index (κ1) is 18.6. The predicted molar refractivity (Wildman–Crippen MR) is 96.3 cm³/mol. The van der Waals surface area contributed by atoms with Crippen LogP contribution >= 0.6 is 0 Å². The first-order valence-electron chi connectivity index (χ1n) is 8.33. The van der Waals surface area contributed by atoms with Crippen molar-refractivity contribution in [2.24, 2.45) is 0 Å². The molecule has 0 aromatic heterocycles. The second-order valence-electron chi connectivity index (χ2n) is 5.86. The average Bonchev–Trinajstić information content (AvgIpc) is 2.69. The van der Waals surface area contributed by atoms with Gasteiger partial charge in [0.25, 0.3) is 5.69 Å². The Kier molecular flexibility index (Phi) is 5.82. The number of nitro groups is 1. The predicted octanol–water partition coefficient (Wildman–Crippen LogP) is 3.32. The van der Waals surface area contributed by atoms with Gasteiger partial charge in [0.15, 0.2) is 5.82 Å². The van der Waals surface area contributed by atoms with Crippen LogP contribution in [-0.2, 0) is 16.1 Å². The van der Waals surface area contributed by atoms with Gasteiger partial charge in [-0.3, -0.25) is 15.4 Å². The number of benzene rings is 2. The van der Waals surface area contributed by atoms with Gasteiger partial charge in [0.2, 0.25) is 0 Å². The molecule has 1 saturated heterocycles. The second-order valence-corrected chi connectivity index (χ2v) is 5.86. The summed E-state index contributed by atoms with van der Waals surface area (Å²) < 4.78 is 24.7. The molecule has 1 aliphatic rings. The summed E-state index contributed by atoms with van der Waals surface area (Å²) >= 11 is 0. The summed E-state index contributed by atoms with van der Waals surface area (Å²) in [7, 11) is 0. The molecule has 1 aliphatic heterocycles. The molecule has 0 bridgehead atoms. The number of ether oxygens (including phenoxy) is 2. The van der Waals surface area contributed by atoms with Crippen LogP contribution in [0.2, 0.25) is 0 Å². The van der Waals surface area contributed by atoms with Gasteiger partial charge < -0.3 is 14.4 Å². The molecule has 2 aromatic rings. The highest BCUT2D eigenvalue weighted by atomic mass is 19.1. The van der Waals surface area contributed by atoms with Crippen molar-refractivity contribution in [2.45, 2.75) is 6.61 Å². The highest BCUT2D eigenvalue weighted by molar-refractivity contribution is 5.89. The van der Waals surface area contributed by atoms with E-state index in [0.29, 0.717) is 26.3 Å². The highest BCUT2D eigenvalue weighted by Crippen LogP contribution is 2.33. The fourth-order valence-electron chi connectivity index (χ4n) is 2.72. The number of carbonyl (C=O) groups is 1. The van der Waals surface area contributed by atoms with Gasteiger partial charge in [-0.2, -0.15) is 0 Å². The van der Waals surface area contributed by atoms with Crippen LogP contribution in [0.4, 0.5) is 26.2 Å². The van der Waals surface area contributed by atoms with Crippen molar-refractivity contribution in [2.75, 3.05) is 36.5 Å². The number of carbonyl (C=O) groups excluding carboxylic acids is 1. The van der Waals surface area contributed by atoms with Crippen LogP contribution in [-0.4, -0.2) is 37.3 Å². The molecule has 1 fully saturated rings. The standard InChI is InChI=1S/C18H18FN3O5/c19-14-10-17(22(24)25)15(11-16(14)21-6-8-26-9-7-21)20-18(23)27-12-13-4-2-1-3-5-13/h1-5,10-11H,6-9,12H2,(H,20,23). The third-order valence-electron chi connectivity index (χ3n) is 4.06. The Morgan fingerprint density at radius 1 is 1.26 bits per heavy atom. The Bertz CT molecular complexity index is 825. The molecular formula is C18H18FN3O5. The molecular weight excluding hydrogens is 357 g/mol. The number of nitrogens with zero attached hydrogens (tertiary/aromatic N) is 2. The topological polar surface area (TPSA) is 93.9 Å². The van der Waals surface area contributed by atoms with E-state index in [2.05, 4.69) is 5.32 Å². The third-order valence-corrected chi connectivity index (χ3v) is 4.06. The summed E-state index contributed by atoms with van der Waals surface area (Å²) in [6.07, 6.45) is -0.860. The summed E-state index contributed by atoms with van der Waals surface area (Å²) in [4.78, 5) is 24.2. The zero-order valence-electron chi connectivity index (χ0n) is 14.4. The average molecular weight is 375 g/mol. The van der Waals surface area contributed by atoms with Gasteiger partial charge in [0.1, 0.15) is 12.3 Å². The van der Waals surface area contributed by atoms with Gasteiger partial charge in [-0.1, -0.05) is 30.3 Å². The van der Waals surface area contributed by atoms with E-state index < -0.39 is 22.5 Å². The maximum absolute atomic E-state index is 14.4. The van der Waals surface area contributed by atoms with Crippen molar-refractivity contribution in [1.29, 1.82) is 0 Å². The molecule has 0 radical (unpaired) electrons. The lowest BCUT2D eigenvalue weighted by molar-refractivity contribution is -0.384. The molecule has 0 aliphatic carbocycles. The second kappa shape index (κ2) is 8.45. The van der Waals surface area contributed by atoms with E-state index in [4.69, 9.17) is 9.47 Å². The van der Waals surface area contributed by atoms with Crippen LogP contribution in [0.5, 0.6) is 0 Å². The molecule has 1 N–H and O–H groups in total. The largest absolute Gasteiger partial charge is 0.444 e. The van der Waals surface area contributed by atoms with Crippen LogP contribution in [0.1, 0.15) is 5.56 Å². The van der Waals surface area contributed by atoms with E-state index in [-0.39, 0.29) is 18.0 Å². The minimum absolute atomic E-state index is 0.0119. The summed E-state index contributed by atoms with van der Waals surface area (Å²) in [5.74, 6) is -0.730. The molecule has 0 unspecified atom stereocenters. The molecule has 1 heterocycles. The number of nitro benzene ring substituents is 1. The number of nitrogens with one attached hydrogen (secondary N) is 1. The molecule has 2 aromatic carbocycles. The van der Waals surface area contributed by atoms with E-state index in [1.165, 1.54) is 6.07 Å². The molecule has 27 heavy (non-hydrogen) atoms. The Balaban J connectivity index is 1.77. The molecule has 0 atom stereocenters. The monoisotopic (exact) mass is 375 g/mol. The van der Waals surface area contributed by atoms with E-state index in [1.807, 2.05) is 6.07 Å². The summed E-state index contributed by atoms with van der Waals surface area (Å²) in [5.41, 5.74) is 0.277. The molecule has 0 saturated carbocycles. The van der Waals surface area contributed by atoms with Crippen LogP contribution in [0.25, 0.3) is 0 Å². The first-order chi connectivity index (χ1) is 13.0. The van der Waals surface area contributed by atoms with Gasteiger partial charge >= 0.3 is 6.09 Å². The van der Waals surface area contributed by atoms with Crippen LogP contribution in [0.3, 0.4) is 0 Å². The number of amides is 1. The van der Waals surface area contributed by atoms with E-state index >= 15 is 0 Å². The number of halogens is 1. The van der Waals surface area contributed by atoms with Crippen molar-refractivity contribution in [3.8, 4) is 0 Å². The summed E-state index contributed by atoms with van der Waals surface area (Å²) in [5, 5.41) is 13.6. The van der Waals surface area contributed by atoms with E-state index in [1.54, 1.807) is 29.2 Å². The lowest BCUT2D eigenvalue weighted by Gasteiger charge is -2.29. The fourth-order valence-corrected chi connectivity index (χ4v) is 2.72. The van der Waals surface area contributed by atoms with Gasteiger partial charge in [-0.15, -0.1) is 0 Å². The van der Waals surface area contributed by atoms with Crippen molar-refractivity contribution >= 4 is 23.2 Å². The lowest BCUT2D eigenvalue weighted by atomic mass is 10.2. The Hall–Kier alpha value is -3.20. The van der Waals surface area contributed by atoms with Gasteiger partial charge in [-0.25, -0.2) is 9.18 Å². The van der Waals surface area contributed by atoms with Crippen LogP contribution in [0.15, 0.2) is 42.5 Å². The zero-order valence-corrected chi connectivity index (χ0v) is 14.4. The first-order valence-corrected chi connectivity index (χ1v) is 8.33. The number of hydrogen-bond donors (Lipinski definition) is 1. The molecule has 0 spiro atoms. The molecule has 9 heteroatoms. The molecule has 3 rings (SSSR count). The smallest absolute Gasteiger partial charge is 0.412 e. The van der Waals surface area contributed by atoms with E-state index in [0.717, 1.165) is 11.6 Å². The van der Waals surface area contributed by atoms with E-state index in [9.17, 15) is 19.3 Å². The minimum atomic E-state index is -0.860. The van der Waals surface area contributed by atoms with Crippen molar-refractivity contribution in [1.82, 2.24) is 0 Å². The third kappa shape index (κ3) is 4.70. The van der Waals surface area contributed by atoms with Crippen LogP contribution in [0, 0.1) is 15.9 Å². The summed E-state index contributed by atoms with van der Waals surface area (Å²) in [6.45, 7) is 1.77. The fraction of sp³-hybridized carbons (Fsp3) is 0.278. The molecule has 8 nitrogen and oxygen atoms in total. The Morgan fingerprint density at radius 3 is 2.63 bits per heavy atom. The number of hydrogen-bond acceptors (Lipinski definition) is 6. The maximum atomic E-state index is 14.4. The quantitative estimate of drug-likeness (QED) is 0.636. The molecule has 1 amide bonds. The van der Waals surface area contributed by atoms with Crippen molar-refractivity contribution in [3.05, 3.63) is 64.0 Å². The zero-order chi connectivity index (χ0) is 19.2. The highest BCUT2D eigenvalue weighted by Gasteiger charge is 2.24. The minimum Gasteiger partial charge on any atom is -0.444 e. The van der Waals surface area contributed by atoms with Gasteiger partial charge in [0.05, 0.1) is 29.9 Å². The van der Waals surface area contributed by atoms with Crippen molar-refractivity contribution < 1.29 is 23.6 Å². The van der Waals surface area contributed by atoms with Gasteiger partial charge in [0, 0.05) is 13.1 Å². The van der Waals surface area contributed by atoms with Crippen LogP contribution < -0.4 is 10.2 Å². The maximum Gasteiger partial charge on any atom is 0.412 e. The Labute approximate surface area is 154 Å². The van der Waals surface area contributed by atoms with Crippen molar-refractivity contribution in [3.63, 3.8) is 0 Å².